The summed E-state index contributed by atoms with van der Waals surface area (Å²) in [6.07, 6.45) is 0. The van der Waals surface area contributed by atoms with Gasteiger partial charge in [0.05, 0.1) is 5.69 Å². The van der Waals surface area contributed by atoms with Gasteiger partial charge in [-0.25, -0.2) is 0 Å². The topological polar surface area (TPSA) is 19.6 Å². The third-order valence-corrected chi connectivity index (χ3v) is 10.8. The van der Waals surface area contributed by atoms with Gasteiger partial charge in [-0.1, -0.05) is 117 Å². The Morgan fingerprint density at radius 1 is 0.404 bits per heavy atom. The van der Waals surface area contributed by atoms with Crippen molar-refractivity contribution in [3.63, 3.8) is 0 Å². The lowest BCUT2D eigenvalue weighted by molar-refractivity contribution is 0.661. The number of fused-ring (bicyclic) bond motifs is 7. The molecule has 8 aromatic carbocycles. The first kappa shape index (κ1) is 30.3. The summed E-state index contributed by atoms with van der Waals surface area (Å²) in [6, 6.07) is 65.3. The largest absolute Gasteiger partial charge is 0.456 e. The third kappa shape index (κ3) is 4.66. The number of rotatable bonds is 6. The normalized spacial score (nSPS) is 13.0. The summed E-state index contributed by atoms with van der Waals surface area (Å²) in [6.45, 7) is 4.76. The average molecular weight is 669 g/mol. The van der Waals surface area contributed by atoms with Gasteiger partial charge in [0.2, 0.25) is 0 Å². The molecule has 1 aliphatic carbocycles. The van der Waals surface area contributed by atoms with Gasteiger partial charge >= 0.3 is 0 Å². The van der Waals surface area contributed by atoms with E-state index in [-0.39, 0.29) is 5.41 Å². The van der Waals surface area contributed by atoms with Crippen molar-refractivity contribution in [2.45, 2.75) is 19.3 Å². The maximum atomic E-state index is 6.38. The van der Waals surface area contributed by atoms with Gasteiger partial charge in [-0.3, -0.25) is 0 Å². The van der Waals surface area contributed by atoms with Gasteiger partial charge < -0.3 is 14.2 Å². The summed E-state index contributed by atoms with van der Waals surface area (Å²) in [7, 11) is 0. The fourth-order valence-corrected chi connectivity index (χ4v) is 8.32. The predicted octanol–water partition coefficient (Wildman–Crippen LogP) is 14.0. The van der Waals surface area contributed by atoms with Crippen LogP contribution in [0.2, 0.25) is 0 Å². The molecule has 1 aliphatic rings. The first-order valence-electron chi connectivity index (χ1n) is 17.9. The monoisotopic (exact) mass is 668 g/mol. The van der Waals surface area contributed by atoms with Crippen molar-refractivity contribution in [2.24, 2.45) is 0 Å². The smallest absolute Gasteiger partial charge is 0.137 e. The summed E-state index contributed by atoms with van der Waals surface area (Å²) in [5, 5.41) is 4.72. The van der Waals surface area contributed by atoms with Crippen LogP contribution >= 0.6 is 0 Å². The summed E-state index contributed by atoms with van der Waals surface area (Å²) in [5.74, 6) is 0. The zero-order valence-corrected chi connectivity index (χ0v) is 29.1. The maximum absolute atomic E-state index is 6.38. The van der Waals surface area contributed by atoms with E-state index in [0.29, 0.717) is 0 Å². The van der Waals surface area contributed by atoms with E-state index < -0.39 is 0 Å². The second-order valence-corrected chi connectivity index (χ2v) is 14.2. The molecule has 1 aromatic heterocycles. The van der Waals surface area contributed by atoms with Crippen molar-refractivity contribution in [2.75, 3.05) is 9.80 Å². The standard InChI is InChI=1S/C49H36N2O/c1-49(2)43-31-37(50(34-17-6-3-7-18-34)38-26-28-41-40-24-14-15-25-45(40)52-46(41)32-38)27-29-42(43)47-44(49)30-33-16-12-13-23-39(33)48(47)51(35-19-8-4-9-20-35)36-21-10-5-11-22-36/h3-32H,1-2H3. The van der Waals surface area contributed by atoms with Crippen molar-refractivity contribution in [1.82, 2.24) is 0 Å². The molecule has 0 aliphatic heterocycles. The fraction of sp³-hybridized carbons (Fsp3) is 0.0612. The van der Waals surface area contributed by atoms with E-state index in [1.54, 1.807) is 0 Å². The maximum Gasteiger partial charge on any atom is 0.137 e. The van der Waals surface area contributed by atoms with Crippen LogP contribution in [0.3, 0.4) is 0 Å². The summed E-state index contributed by atoms with van der Waals surface area (Å²) >= 11 is 0. The van der Waals surface area contributed by atoms with E-state index in [1.165, 1.54) is 38.7 Å². The highest BCUT2D eigenvalue weighted by molar-refractivity contribution is 6.10. The van der Waals surface area contributed by atoms with Crippen LogP contribution < -0.4 is 9.80 Å². The fourth-order valence-electron chi connectivity index (χ4n) is 8.32. The van der Waals surface area contributed by atoms with Crippen LogP contribution in [0.1, 0.15) is 25.0 Å². The molecule has 1 heterocycles. The number of anilines is 6. The average Bonchev–Trinajstić information content (AvgIpc) is 3.67. The van der Waals surface area contributed by atoms with Crippen LogP contribution in [0.4, 0.5) is 34.1 Å². The van der Waals surface area contributed by atoms with Crippen molar-refractivity contribution >= 4 is 66.8 Å². The van der Waals surface area contributed by atoms with E-state index in [4.69, 9.17) is 4.42 Å². The molecule has 0 spiro atoms. The molecule has 3 nitrogen and oxygen atoms in total. The Hall–Kier alpha value is -6.58. The first-order chi connectivity index (χ1) is 25.6. The number of hydrogen-bond donors (Lipinski definition) is 0. The number of furan rings is 1. The van der Waals surface area contributed by atoms with E-state index in [2.05, 4.69) is 194 Å². The van der Waals surface area contributed by atoms with Gasteiger partial charge in [-0.05, 0) is 94.9 Å². The molecule has 0 radical (unpaired) electrons. The van der Waals surface area contributed by atoms with Gasteiger partial charge in [0.25, 0.3) is 0 Å². The molecule has 0 fully saturated rings. The van der Waals surface area contributed by atoms with Gasteiger partial charge in [0.15, 0.2) is 0 Å². The molecule has 10 rings (SSSR count). The van der Waals surface area contributed by atoms with E-state index in [9.17, 15) is 0 Å². The Balaban J connectivity index is 1.21. The lowest BCUT2D eigenvalue weighted by atomic mass is 9.81. The van der Waals surface area contributed by atoms with Crippen LogP contribution in [0.25, 0.3) is 43.8 Å². The summed E-state index contributed by atoms with van der Waals surface area (Å²) < 4.78 is 6.38. The Bertz CT molecular complexity index is 2730. The highest BCUT2D eigenvalue weighted by Crippen LogP contribution is 2.57. The molecular formula is C49H36N2O. The second kappa shape index (κ2) is 11.8. The Kier molecular flexibility index (Phi) is 6.84. The van der Waals surface area contributed by atoms with Crippen LogP contribution in [0, 0.1) is 0 Å². The highest BCUT2D eigenvalue weighted by Gasteiger charge is 2.39. The van der Waals surface area contributed by atoms with Gasteiger partial charge in [-0.15, -0.1) is 0 Å². The minimum absolute atomic E-state index is 0.260. The summed E-state index contributed by atoms with van der Waals surface area (Å²) in [4.78, 5) is 4.79. The van der Waals surface area contributed by atoms with Gasteiger partial charge in [-0.2, -0.15) is 0 Å². The molecule has 9 aromatic rings. The molecule has 0 unspecified atom stereocenters. The van der Waals surface area contributed by atoms with Crippen molar-refractivity contribution in [3.05, 3.63) is 193 Å². The van der Waals surface area contributed by atoms with Crippen molar-refractivity contribution < 1.29 is 4.42 Å². The Morgan fingerprint density at radius 3 is 1.63 bits per heavy atom. The molecule has 0 atom stereocenters. The quantitative estimate of drug-likeness (QED) is 0.176. The molecule has 248 valence electrons. The molecule has 0 saturated heterocycles. The minimum atomic E-state index is -0.260. The van der Waals surface area contributed by atoms with Crippen LogP contribution in [0.5, 0.6) is 0 Å². The third-order valence-electron chi connectivity index (χ3n) is 10.8. The van der Waals surface area contributed by atoms with E-state index in [1.807, 2.05) is 12.1 Å². The molecule has 0 amide bonds. The van der Waals surface area contributed by atoms with Gasteiger partial charge in [0.1, 0.15) is 11.2 Å². The first-order valence-corrected chi connectivity index (χ1v) is 17.9. The number of para-hydroxylation sites is 4. The second-order valence-electron chi connectivity index (χ2n) is 14.2. The number of nitrogens with zero attached hydrogens (tertiary/aromatic N) is 2. The number of hydrogen-bond acceptors (Lipinski definition) is 3. The lowest BCUT2D eigenvalue weighted by Gasteiger charge is -2.30. The van der Waals surface area contributed by atoms with Crippen LogP contribution in [0.15, 0.2) is 186 Å². The van der Waals surface area contributed by atoms with Crippen molar-refractivity contribution in [1.29, 1.82) is 0 Å². The molecule has 52 heavy (non-hydrogen) atoms. The minimum Gasteiger partial charge on any atom is -0.456 e. The SMILES string of the molecule is CC1(C)c2cc(N(c3ccccc3)c3ccc4c(c3)oc3ccccc34)ccc2-c2c1cc1ccccc1c2N(c1ccccc1)c1ccccc1. The van der Waals surface area contributed by atoms with E-state index >= 15 is 0 Å². The molecule has 0 saturated carbocycles. The van der Waals surface area contributed by atoms with Crippen molar-refractivity contribution in [3.8, 4) is 11.1 Å². The van der Waals surface area contributed by atoms with E-state index in [0.717, 1.165) is 50.4 Å². The number of benzene rings is 8. The molecule has 0 bridgehead atoms. The predicted molar refractivity (Wildman–Crippen MR) is 218 cm³/mol. The van der Waals surface area contributed by atoms with Crippen LogP contribution in [-0.2, 0) is 5.41 Å². The molecule has 3 heteroatoms. The van der Waals surface area contributed by atoms with Gasteiger partial charge in [0, 0.05) is 61.6 Å². The molecule has 0 N–H and O–H groups in total. The summed E-state index contributed by atoms with van der Waals surface area (Å²) in [5.41, 5.74) is 13.4. The Morgan fingerprint density at radius 2 is 0.942 bits per heavy atom. The highest BCUT2D eigenvalue weighted by atomic mass is 16.3. The molecular weight excluding hydrogens is 633 g/mol. The zero-order valence-electron chi connectivity index (χ0n) is 29.1. The lowest BCUT2D eigenvalue weighted by Crippen LogP contribution is -2.17. The van der Waals surface area contributed by atoms with Crippen LogP contribution in [-0.4, -0.2) is 0 Å². The zero-order chi connectivity index (χ0) is 34.8. The Labute approximate surface area is 303 Å².